The molecule has 0 radical (unpaired) electrons. The molecule has 0 saturated carbocycles. The van der Waals surface area contributed by atoms with Crippen LogP contribution in [0.15, 0.2) is 42.7 Å². The summed E-state index contributed by atoms with van der Waals surface area (Å²) in [5.41, 5.74) is 3.58. The van der Waals surface area contributed by atoms with Gasteiger partial charge in [-0.15, -0.1) is 0 Å². The van der Waals surface area contributed by atoms with Crippen LogP contribution in [0.4, 0.5) is 14.6 Å². The standard InChI is InChI=1S/C19H17F2N5O/c20-19(21)27-13-8-7-12(23-11-13)10-24-17-14-4-3-6-15(14)25-18(26-17)16-5-1-2-9-22-16/h1-2,5,7-9,11,19H,3-4,6,10H2,(H,24,25,26). The molecule has 0 unspecified atom stereocenters. The van der Waals surface area contributed by atoms with Gasteiger partial charge in [0.25, 0.3) is 0 Å². The summed E-state index contributed by atoms with van der Waals surface area (Å²) in [6.07, 6.45) is 5.89. The second-order valence-corrected chi connectivity index (χ2v) is 6.11. The second-order valence-electron chi connectivity index (χ2n) is 6.11. The zero-order valence-electron chi connectivity index (χ0n) is 14.4. The lowest BCUT2D eigenvalue weighted by molar-refractivity contribution is -0.0500. The third-order valence-corrected chi connectivity index (χ3v) is 4.29. The molecule has 0 bridgehead atoms. The summed E-state index contributed by atoms with van der Waals surface area (Å²) in [4.78, 5) is 17.8. The number of ether oxygens (including phenoxy) is 1. The van der Waals surface area contributed by atoms with Crippen molar-refractivity contribution in [1.29, 1.82) is 0 Å². The number of nitrogens with one attached hydrogen (secondary N) is 1. The van der Waals surface area contributed by atoms with Gasteiger partial charge in [0.05, 0.1) is 18.4 Å². The van der Waals surface area contributed by atoms with Crippen LogP contribution in [0, 0.1) is 0 Å². The first kappa shape index (κ1) is 17.3. The zero-order valence-corrected chi connectivity index (χ0v) is 14.4. The lowest BCUT2D eigenvalue weighted by Crippen LogP contribution is -2.09. The SMILES string of the molecule is FC(F)Oc1ccc(CNc2nc(-c3ccccn3)nc3c2CCC3)nc1. The van der Waals surface area contributed by atoms with Crippen molar-refractivity contribution in [1.82, 2.24) is 19.9 Å². The molecule has 3 heterocycles. The van der Waals surface area contributed by atoms with E-state index in [1.54, 1.807) is 12.3 Å². The highest BCUT2D eigenvalue weighted by Gasteiger charge is 2.20. The minimum Gasteiger partial charge on any atom is -0.433 e. The summed E-state index contributed by atoms with van der Waals surface area (Å²) in [7, 11) is 0. The number of anilines is 1. The summed E-state index contributed by atoms with van der Waals surface area (Å²) in [6, 6.07) is 8.75. The molecule has 27 heavy (non-hydrogen) atoms. The van der Waals surface area contributed by atoms with E-state index in [1.807, 2.05) is 18.2 Å². The van der Waals surface area contributed by atoms with Crippen LogP contribution in [-0.2, 0) is 19.4 Å². The van der Waals surface area contributed by atoms with Gasteiger partial charge in [-0.3, -0.25) is 9.97 Å². The van der Waals surface area contributed by atoms with E-state index in [0.717, 1.165) is 42.0 Å². The number of rotatable bonds is 6. The predicted octanol–water partition coefficient (Wildman–Crippen LogP) is 3.64. The van der Waals surface area contributed by atoms with Gasteiger partial charge >= 0.3 is 6.61 Å². The topological polar surface area (TPSA) is 72.8 Å². The number of hydrogen-bond acceptors (Lipinski definition) is 6. The number of alkyl halides is 2. The first-order valence-electron chi connectivity index (χ1n) is 8.64. The Hall–Kier alpha value is -3.16. The molecule has 0 aromatic carbocycles. The van der Waals surface area contributed by atoms with E-state index in [9.17, 15) is 8.78 Å². The van der Waals surface area contributed by atoms with E-state index < -0.39 is 6.61 Å². The Morgan fingerprint density at radius 2 is 2.00 bits per heavy atom. The smallest absolute Gasteiger partial charge is 0.387 e. The van der Waals surface area contributed by atoms with Gasteiger partial charge in [-0.05, 0) is 43.5 Å². The minimum absolute atomic E-state index is 0.0362. The molecule has 1 N–H and O–H groups in total. The van der Waals surface area contributed by atoms with E-state index in [1.165, 1.54) is 12.3 Å². The number of pyridine rings is 2. The van der Waals surface area contributed by atoms with Crippen molar-refractivity contribution in [3.8, 4) is 17.3 Å². The van der Waals surface area contributed by atoms with Crippen molar-refractivity contribution < 1.29 is 13.5 Å². The number of aryl methyl sites for hydroxylation is 1. The second kappa shape index (κ2) is 7.61. The molecule has 1 aliphatic rings. The Balaban J connectivity index is 1.54. The van der Waals surface area contributed by atoms with Gasteiger partial charge in [0, 0.05) is 17.5 Å². The lowest BCUT2D eigenvalue weighted by atomic mass is 10.2. The Morgan fingerprint density at radius 1 is 1.07 bits per heavy atom. The van der Waals surface area contributed by atoms with E-state index in [4.69, 9.17) is 0 Å². The van der Waals surface area contributed by atoms with Crippen LogP contribution in [-0.4, -0.2) is 26.5 Å². The third-order valence-electron chi connectivity index (χ3n) is 4.29. The maximum atomic E-state index is 12.2. The Morgan fingerprint density at radius 3 is 2.74 bits per heavy atom. The van der Waals surface area contributed by atoms with Crippen molar-refractivity contribution in [3.05, 3.63) is 59.7 Å². The predicted molar refractivity (Wildman–Crippen MR) is 95.5 cm³/mol. The van der Waals surface area contributed by atoms with E-state index in [2.05, 4.69) is 30.0 Å². The molecule has 3 aromatic heterocycles. The molecule has 0 saturated heterocycles. The number of hydrogen-bond donors (Lipinski definition) is 1. The monoisotopic (exact) mass is 369 g/mol. The van der Waals surface area contributed by atoms with Crippen LogP contribution in [0.1, 0.15) is 23.4 Å². The number of nitrogens with zero attached hydrogens (tertiary/aromatic N) is 4. The molecule has 4 rings (SSSR count). The average Bonchev–Trinajstić information content (AvgIpc) is 3.16. The molecule has 6 nitrogen and oxygen atoms in total. The van der Waals surface area contributed by atoms with Gasteiger partial charge in [0.1, 0.15) is 17.3 Å². The Kier molecular flexibility index (Phi) is 4.86. The lowest BCUT2D eigenvalue weighted by Gasteiger charge is -2.12. The first-order chi connectivity index (χ1) is 13.2. The summed E-state index contributed by atoms with van der Waals surface area (Å²) in [6.45, 7) is -2.44. The van der Waals surface area contributed by atoms with Gasteiger partial charge in [-0.1, -0.05) is 6.07 Å². The first-order valence-corrected chi connectivity index (χ1v) is 8.64. The molecule has 0 fully saturated rings. The van der Waals surface area contributed by atoms with Crippen molar-refractivity contribution in [2.24, 2.45) is 0 Å². The highest BCUT2D eigenvalue weighted by Crippen LogP contribution is 2.29. The summed E-state index contributed by atoms with van der Waals surface area (Å²) in [5.74, 6) is 1.40. The van der Waals surface area contributed by atoms with Crippen molar-refractivity contribution in [2.75, 3.05) is 5.32 Å². The normalized spacial score (nSPS) is 12.9. The molecular weight excluding hydrogens is 352 g/mol. The molecule has 8 heteroatoms. The fourth-order valence-corrected chi connectivity index (χ4v) is 3.05. The zero-order chi connectivity index (χ0) is 18.6. The Bertz CT molecular complexity index is 919. The van der Waals surface area contributed by atoms with Crippen LogP contribution in [0.3, 0.4) is 0 Å². The quantitative estimate of drug-likeness (QED) is 0.715. The highest BCUT2D eigenvalue weighted by molar-refractivity contribution is 5.57. The van der Waals surface area contributed by atoms with Crippen LogP contribution in [0.5, 0.6) is 5.75 Å². The van der Waals surface area contributed by atoms with Crippen LogP contribution in [0.25, 0.3) is 11.5 Å². The van der Waals surface area contributed by atoms with Crippen molar-refractivity contribution >= 4 is 5.82 Å². The maximum absolute atomic E-state index is 12.2. The minimum atomic E-state index is -2.86. The van der Waals surface area contributed by atoms with Gasteiger partial charge in [-0.2, -0.15) is 8.78 Å². The molecule has 0 amide bonds. The Labute approximate surface area is 154 Å². The third kappa shape index (κ3) is 3.99. The van der Waals surface area contributed by atoms with E-state index in [0.29, 0.717) is 18.1 Å². The van der Waals surface area contributed by atoms with Crippen LogP contribution >= 0.6 is 0 Å². The van der Waals surface area contributed by atoms with Crippen molar-refractivity contribution in [2.45, 2.75) is 32.4 Å². The van der Waals surface area contributed by atoms with Crippen molar-refractivity contribution in [3.63, 3.8) is 0 Å². The molecule has 138 valence electrons. The van der Waals surface area contributed by atoms with Gasteiger partial charge in [-0.25, -0.2) is 9.97 Å². The summed E-state index contributed by atoms with van der Waals surface area (Å²) < 4.78 is 28.7. The molecule has 3 aromatic rings. The molecular formula is C19H17F2N5O. The number of aromatic nitrogens is 4. The maximum Gasteiger partial charge on any atom is 0.387 e. The fraction of sp³-hybridized carbons (Fsp3) is 0.263. The van der Waals surface area contributed by atoms with Gasteiger partial charge < -0.3 is 10.1 Å². The largest absolute Gasteiger partial charge is 0.433 e. The number of fused-ring (bicyclic) bond motifs is 1. The number of halogens is 2. The summed E-state index contributed by atoms with van der Waals surface area (Å²) >= 11 is 0. The van der Waals surface area contributed by atoms with Crippen LogP contribution in [0.2, 0.25) is 0 Å². The van der Waals surface area contributed by atoms with Crippen LogP contribution < -0.4 is 10.1 Å². The fourth-order valence-electron chi connectivity index (χ4n) is 3.05. The molecule has 1 aliphatic carbocycles. The van der Waals surface area contributed by atoms with Gasteiger partial charge in [0.15, 0.2) is 5.82 Å². The van der Waals surface area contributed by atoms with Gasteiger partial charge in [0.2, 0.25) is 0 Å². The van der Waals surface area contributed by atoms with E-state index >= 15 is 0 Å². The molecule has 0 spiro atoms. The molecule has 0 aliphatic heterocycles. The average molecular weight is 369 g/mol. The molecule has 0 atom stereocenters. The summed E-state index contributed by atoms with van der Waals surface area (Å²) in [5, 5.41) is 3.30. The van der Waals surface area contributed by atoms with E-state index in [-0.39, 0.29) is 5.75 Å². The highest BCUT2D eigenvalue weighted by atomic mass is 19.3.